The molecule has 0 bridgehead atoms. The van der Waals surface area contributed by atoms with Crippen molar-refractivity contribution < 1.29 is 0 Å². The third-order valence-corrected chi connectivity index (χ3v) is 1.81. The Labute approximate surface area is 60.3 Å². The second kappa shape index (κ2) is 2.65. The van der Waals surface area contributed by atoms with E-state index in [4.69, 9.17) is 24.4 Å². The summed E-state index contributed by atoms with van der Waals surface area (Å²) in [5.74, 6) is 0. The molecule has 0 atom stereocenters. The minimum absolute atomic E-state index is 1.03. The first kappa shape index (κ1) is 6.30. The van der Waals surface area contributed by atoms with Crippen molar-refractivity contribution in [3.8, 4) is 0 Å². The summed E-state index contributed by atoms with van der Waals surface area (Å²) in [6.45, 7) is 0. The monoisotopic (exact) mass is 143 g/mol. The molecule has 0 aliphatic heterocycles. The van der Waals surface area contributed by atoms with Gasteiger partial charge in [0.2, 0.25) is 0 Å². The van der Waals surface area contributed by atoms with Gasteiger partial charge < -0.3 is 0 Å². The molecule has 8 heavy (non-hydrogen) atoms. The van der Waals surface area contributed by atoms with Gasteiger partial charge in [-0.15, -0.1) is 0 Å². The lowest BCUT2D eigenvalue weighted by Crippen LogP contribution is -2.11. The third-order valence-electron chi connectivity index (χ3n) is 1.17. The highest BCUT2D eigenvalue weighted by molar-refractivity contribution is 7.82. The summed E-state index contributed by atoms with van der Waals surface area (Å²) in [5, 5.41) is 0. The van der Waals surface area contributed by atoms with E-state index < -0.39 is 0 Å². The molecule has 1 radical (unpaired) electrons. The summed E-state index contributed by atoms with van der Waals surface area (Å²) in [7, 11) is 0. The Hall–Kier alpha value is 0.180. The molecule has 0 aromatic heterocycles. The second-order valence-electron chi connectivity index (χ2n) is 1.93. The summed E-state index contributed by atoms with van der Waals surface area (Å²) < 4.78 is 0. The van der Waals surface area contributed by atoms with Gasteiger partial charge in [-0.3, -0.25) is 0 Å². The van der Waals surface area contributed by atoms with E-state index >= 15 is 0 Å². The molecule has 0 unspecified atom stereocenters. The fourth-order valence-corrected chi connectivity index (χ4v) is 1.41. The van der Waals surface area contributed by atoms with E-state index in [0.717, 1.165) is 29.0 Å². The van der Waals surface area contributed by atoms with Crippen LogP contribution in [-0.2, 0) is 0 Å². The molecule has 1 aliphatic carbocycles. The van der Waals surface area contributed by atoms with Crippen molar-refractivity contribution in [2.45, 2.75) is 19.3 Å². The zero-order valence-electron chi connectivity index (χ0n) is 4.52. The Morgan fingerprint density at radius 2 is 1.62 bits per heavy atom. The normalized spacial score (nSPS) is 21.5. The summed E-state index contributed by atoms with van der Waals surface area (Å²) >= 11 is 9.88. The quantitative estimate of drug-likeness (QED) is 0.476. The van der Waals surface area contributed by atoms with Gasteiger partial charge in [0, 0.05) is 16.1 Å². The largest absolute Gasteiger partial charge is 0.0890 e. The number of hydrogen-bond acceptors (Lipinski definition) is 2. The predicted molar refractivity (Wildman–Crippen MR) is 43.3 cm³/mol. The van der Waals surface area contributed by atoms with Crippen molar-refractivity contribution in [2.75, 3.05) is 0 Å². The van der Waals surface area contributed by atoms with E-state index in [0.29, 0.717) is 0 Å². The van der Waals surface area contributed by atoms with Crippen LogP contribution in [0.5, 0.6) is 0 Å². The molecule has 0 aromatic carbocycles. The van der Waals surface area contributed by atoms with Crippen LogP contribution in [0.1, 0.15) is 19.3 Å². The van der Waals surface area contributed by atoms with Crippen molar-refractivity contribution in [1.29, 1.82) is 0 Å². The Bertz CT molecular complexity index is 112. The average molecular weight is 143 g/mol. The van der Waals surface area contributed by atoms with Gasteiger partial charge >= 0.3 is 0 Å². The van der Waals surface area contributed by atoms with Crippen LogP contribution >= 0.6 is 24.4 Å². The van der Waals surface area contributed by atoms with Gasteiger partial charge in [0.25, 0.3) is 0 Å². The molecule has 2 heteroatoms. The molecule has 0 nitrogen and oxygen atoms in total. The fourth-order valence-electron chi connectivity index (χ4n) is 0.761. The predicted octanol–water partition coefficient (Wildman–Crippen LogP) is 2.11. The molecule has 1 aliphatic rings. The first-order chi connectivity index (χ1) is 3.79. The lowest BCUT2D eigenvalue weighted by molar-refractivity contribution is 0.922. The van der Waals surface area contributed by atoms with Crippen molar-refractivity contribution in [3.05, 3.63) is 6.42 Å². The Balaban J connectivity index is 2.45. The van der Waals surface area contributed by atoms with Crippen LogP contribution in [0.15, 0.2) is 0 Å². The van der Waals surface area contributed by atoms with E-state index in [1.54, 1.807) is 0 Å². The van der Waals surface area contributed by atoms with E-state index in [2.05, 4.69) is 0 Å². The van der Waals surface area contributed by atoms with Crippen LogP contribution in [0.25, 0.3) is 0 Å². The zero-order chi connectivity index (χ0) is 5.98. The van der Waals surface area contributed by atoms with Crippen LogP contribution in [-0.4, -0.2) is 9.73 Å². The highest BCUT2D eigenvalue weighted by atomic mass is 32.1. The van der Waals surface area contributed by atoms with Crippen LogP contribution in [0, 0.1) is 6.42 Å². The minimum atomic E-state index is 1.03. The smallest absolute Gasteiger partial charge is 0.0336 e. The van der Waals surface area contributed by atoms with Gasteiger partial charge in [0.1, 0.15) is 0 Å². The summed E-state index contributed by atoms with van der Waals surface area (Å²) in [6, 6.07) is 0. The fraction of sp³-hybridized carbons (Fsp3) is 0.500. The number of thiocarbonyl (C=S) groups is 2. The zero-order valence-corrected chi connectivity index (χ0v) is 6.15. The molecule has 0 spiro atoms. The molecular formula is C6H7S2. The summed E-state index contributed by atoms with van der Waals surface area (Å²) in [4.78, 5) is 2.06. The summed E-state index contributed by atoms with van der Waals surface area (Å²) in [6.07, 6.45) is 5.23. The Morgan fingerprint density at radius 3 is 1.88 bits per heavy atom. The minimum Gasteiger partial charge on any atom is -0.0890 e. The van der Waals surface area contributed by atoms with E-state index in [1.807, 2.05) is 6.42 Å². The third kappa shape index (κ3) is 1.60. The number of rotatable bonds is 0. The maximum absolute atomic E-state index is 4.94. The van der Waals surface area contributed by atoms with Crippen LogP contribution in [0.3, 0.4) is 0 Å². The second-order valence-corrected chi connectivity index (χ2v) is 2.98. The van der Waals surface area contributed by atoms with Gasteiger partial charge in [0.05, 0.1) is 0 Å². The summed E-state index contributed by atoms with van der Waals surface area (Å²) in [5.41, 5.74) is 0. The molecular weight excluding hydrogens is 136 g/mol. The SMILES string of the molecule is S=C1[CH]C(=S)CCC1. The highest BCUT2D eigenvalue weighted by Crippen LogP contribution is 2.11. The lowest BCUT2D eigenvalue weighted by Gasteiger charge is -2.09. The molecule has 43 valence electrons. The van der Waals surface area contributed by atoms with Gasteiger partial charge in [-0.1, -0.05) is 24.4 Å². The molecule has 0 heterocycles. The van der Waals surface area contributed by atoms with Gasteiger partial charge in [0.15, 0.2) is 0 Å². The molecule has 1 rings (SSSR count). The average Bonchev–Trinajstić information content (AvgIpc) is 1.64. The van der Waals surface area contributed by atoms with Crippen molar-refractivity contribution in [3.63, 3.8) is 0 Å². The first-order valence-electron chi connectivity index (χ1n) is 2.69. The molecule has 0 aromatic rings. The maximum Gasteiger partial charge on any atom is 0.0336 e. The van der Waals surface area contributed by atoms with Crippen molar-refractivity contribution in [1.82, 2.24) is 0 Å². The highest BCUT2D eigenvalue weighted by Gasteiger charge is 2.08. The Kier molecular flexibility index (Phi) is 2.08. The standard InChI is InChI=1S/C6H7S2/c7-5-2-1-3-6(8)4-5/h4H,1-3H2. The topological polar surface area (TPSA) is 0 Å². The first-order valence-corrected chi connectivity index (χ1v) is 3.51. The van der Waals surface area contributed by atoms with Crippen LogP contribution < -0.4 is 0 Å². The lowest BCUT2D eigenvalue weighted by atomic mass is 10.0. The van der Waals surface area contributed by atoms with Crippen LogP contribution in [0.4, 0.5) is 0 Å². The van der Waals surface area contributed by atoms with Crippen molar-refractivity contribution >= 4 is 34.2 Å². The maximum atomic E-state index is 4.94. The van der Waals surface area contributed by atoms with E-state index in [1.165, 1.54) is 0 Å². The van der Waals surface area contributed by atoms with E-state index in [-0.39, 0.29) is 0 Å². The molecule has 0 N–H and O–H groups in total. The van der Waals surface area contributed by atoms with Crippen LogP contribution in [0.2, 0.25) is 0 Å². The number of hydrogen-bond donors (Lipinski definition) is 0. The van der Waals surface area contributed by atoms with Gasteiger partial charge in [-0.25, -0.2) is 0 Å². The van der Waals surface area contributed by atoms with E-state index in [9.17, 15) is 0 Å². The molecule has 0 saturated heterocycles. The van der Waals surface area contributed by atoms with Crippen molar-refractivity contribution in [2.24, 2.45) is 0 Å². The molecule has 0 amide bonds. The molecule has 1 fully saturated rings. The Morgan fingerprint density at radius 1 is 1.12 bits per heavy atom. The molecule has 1 saturated carbocycles. The van der Waals surface area contributed by atoms with Gasteiger partial charge in [-0.2, -0.15) is 0 Å². The van der Waals surface area contributed by atoms with Gasteiger partial charge in [-0.05, 0) is 19.3 Å².